The van der Waals surface area contributed by atoms with Crippen molar-refractivity contribution in [1.29, 1.82) is 0 Å². The molecule has 0 radical (unpaired) electrons. The van der Waals surface area contributed by atoms with Gasteiger partial charge in [-0.05, 0) is 60.5 Å². The van der Waals surface area contributed by atoms with Crippen LogP contribution >= 0.6 is 39.3 Å². The Balaban J connectivity index is 1.75. The molecule has 0 N–H and O–H groups in total. The van der Waals surface area contributed by atoms with Gasteiger partial charge in [0, 0.05) is 20.8 Å². The Morgan fingerprint density at radius 1 is 0.929 bits per heavy atom. The minimum Gasteiger partial charge on any atom is -0.270 e. The number of halogens is 2. The molecule has 0 unspecified atom stereocenters. The number of benzene rings is 3. The van der Waals surface area contributed by atoms with Crippen molar-refractivity contribution in [3.05, 3.63) is 93.4 Å². The van der Waals surface area contributed by atoms with Crippen LogP contribution in [0.4, 0.5) is 0 Å². The van der Waals surface area contributed by atoms with E-state index in [1.807, 2.05) is 36.4 Å². The van der Waals surface area contributed by atoms with E-state index >= 15 is 0 Å². The highest BCUT2D eigenvalue weighted by Gasteiger charge is 2.17. The lowest BCUT2D eigenvalue weighted by Crippen LogP contribution is -2.02. The third kappa shape index (κ3) is 4.17. The fourth-order valence-corrected chi connectivity index (χ4v) is 4.20. The fourth-order valence-electron chi connectivity index (χ4n) is 2.91. The summed E-state index contributed by atoms with van der Waals surface area (Å²) in [6.07, 6.45) is 0. The van der Waals surface area contributed by atoms with Crippen LogP contribution in [0.2, 0.25) is 5.02 Å². The van der Waals surface area contributed by atoms with Crippen LogP contribution in [0.3, 0.4) is 0 Å². The van der Waals surface area contributed by atoms with Gasteiger partial charge in [-0.1, -0.05) is 69.6 Å². The van der Waals surface area contributed by atoms with Crippen LogP contribution in [0.15, 0.2) is 82.4 Å². The highest BCUT2D eigenvalue weighted by molar-refractivity contribution is 9.10. The molecule has 0 bridgehead atoms. The first-order valence-corrected chi connectivity index (χ1v) is 10.9. The Labute approximate surface area is 181 Å². The zero-order chi connectivity index (χ0) is 19.5. The molecular formula is C22H17BrClN3S. The Kier molecular flexibility index (Phi) is 5.85. The van der Waals surface area contributed by atoms with Crippen molar-refractivity contribution in [3.63, 3.8) is 0 Å². The van der Waals surface area contributed by atoms with Crippen molar-refractivity contribution in [3.8, 4) is 17.1 Å². The minimum atomic E-state index is 0.704. The molecule has 0 fully saturated rings. The average Bonchev–Trinajstić information content (AvgIpc) is 3.12. The highest BCUT2D eigenvalue weighted by Crippen LogP contribution is 2.31. The SMILES string of the molecule is Cc1ccccc1-n1c(SCc2ccc(Br)cc2)nnc1-c1ccc(Cl)cc1. The van der Waals surface area contributed by atoms with Crippen molar-refractivity contribution >= 4 is 39.3 Å². The number of thioether (sulfide) groups is 1. The van der Waals surface area contributed by atoms with Gasteiger partial charge in [-0.25, -0.2) is 0 Å². The number of aromatic nitrogens is 3. The molecule has 0 saturated carbocycles. The van der Waals surface area contributed by atoms with Gasteiger partial charge in [-0.15, -0.1) is 10.2 Å². The van der Waals surface area contributed by atoms with Gasteiger partial charge in [0.2, 0.25) is 0 Å². The van der Waals surface area contributed by atoms with Crippen molar-refractivity contribution < 1.29 is 0 Å². The molecular weight excluding hydrogens is 454 g/mol. The molecule has 0 amide bonds. The summed E-state index contributed by atoms with van der Waals surface area (Å²) >= 11 is 11.2. The normalized spacial score (nSPS) is 11.0. The molecule has 0 spiro atoms. The topological polar surface area (TPSA) is 30.7 Å². The zero-order valence-electron chi connectivity index (χ0n) is 15.1. The first kappa shape index (κ1) is 19.2. The summed E-state index contributed by atoms with van der Waals surface area (Å²) in [6.45, 7) is 2.10. The maximum absolute atomic E-state index is 6.06. The van der Waals surface area contributed by atoms with Crippen molar-refractivity contribution in [1.82, 2.24) is 14.8 Å². The van der Waals surface area contributed by atoms with Gasteiger partial charge in [0.15, 0.2) is 11.0 Å². The molecule has 0 aliphatic heterocycles. The summed E-state index contributed by atoms with van der Waals surface area (Å²) in [6, 6.07) is 24.3. The van der Waals surface area contributed by atoms with Gasteiger partial charge in [-0.3, -0.25) is 4.57 Å². The first-order chi connectivity index (χ1) is 13.6. The summed E-state index contributed by atoms with van der Waals surface area (Å²) in [5.41, 5.74) is 4.47. The molecule has 3 nitrogen and oxygen atoms in total. The standard InChI is InChI=1S/C22H17BrClN3S/c1-15-4-2-3-5-20(15)27-21(17-8-12-19(24)13-9-17)25-26-22(27)28-14-16-6-10-18(23)11-7-16/h2-13H,14H2,1H3. The molecule has 6 heteroatoms. The Bertz CT molecular complexity index is 1090. The monoisotopic (exact) mass is 469 g/mol. The quantitative estimate of drug-likeness (QED) is 0.296. The van der Waals surface area contributed by atoms with Crippen molar-refractivity contribution in [2.24, 2.45) is 0 Å². The van der Waals surface area contributed by atoms with Crippen LogP contribution in [0.25, 0.3) is 17.1 Å². The van der Waals surface area contributed by atoms with E-state index in [4.69, 9.17) is 11.6 Å². The summed E-state index contributed by atoms with van der Waals surface area (Å²) in [5.74, 6) is 1.63. The Morgan fingerprint density at radius 3 is 2.36 bits per heavy atom. The molecule has 4 rings (SSSR count). The lowest BCUT2D eigenvalue weighted by Gasteiger charge is -2.13. The van der Waals surface area contributed by atoms with Gasteiger partial charge < -0.3 is 0 Å². The van der Waals surface area contributed by atoms with Gasteiger partial charge in [0.1, 0.15) is 0 Å². The zero-order valence-corrected chi connectivity index (χ0v) is 18.3. The maximum Gasteiger partial charge on any atom is 0.196 e. The predicted octanol–water partition coefficient (Wildman–Crippen LogP) is 6.95. The van der Waals surface area contributed by atoms with E-state index in [0.29, 0.717) is 5.02 Å². The minimum absolute atomic E-state index is 0.704. The molecule has 1 heterocycles. The summed E-state index contributed by atoms with van der Waals surface area (Å²) in [4.78, 5) is 0. The third-order valence-corrected chi connectivity index (χ3v) is 6.15. The molecule has 140 valence electrons. The second-order valence-electron chi connectivity index (χ2n) is 6.35. The van der Waals surface area contributed by atoms with Crippen LogP contribution in [-0.2, 0) is 5.75 Å². The Hall–Kier alpha value is -2.08. The summed E-state index contributed by atoms with van der Waals surface area (Å²) in [7, 11) is 0. The van der Waals surface area contributed by atoms with E-state index in [1.165, 1.54) is 11.1 Å². The molecule has 1 aromatic heterocycles. The van der Waals surface area contributed by atoms with Crippen LogP contribution in [0, 0.1) is 6.92 Å². The number of hydrogen-bond donors (Lipinski definition) is 0. The average molecular weight is 471 g/mol. The fraction of sp³-hybridized carbons (Fsp3) is 0.0909. The van der Waals surface area contributed by atoms with Crippen LogP contribution in [0.5, 0.6) is 0 Å². The number of para-hydroxylation sites is 1. The van der Waals surface area contributed by atoms with Gasteiger partial charge in [0.05, 0.1) is 5.69 Å². The second-order valence-corrected chi connectivity index (χ2v) is 8.64. The maximum atomic E-state index is 6.06. The predicted molar refractivity (Wildman–Crippen MR) is 120 cm³/mol. The van der Waals surface area contributed by atoms with Crippen LogP contribution < -0.4 is 0 Å². The molecule has 0 atom stereocenters. The van der Waals surface area contributed by atoms with Gasteiger partial charge in [-0.2, -0.15) is 0 Å². The first-order valence-electron chi connectivity index (χ1n) is 8.76. The lowest BCUT2D eigenvalue weighted by molar-refractivity contribution is 0.880. The van der Waals surface area contributed by atoms with Gasteiger partial charge in [0.25, 0.3) is 0 Å². The largest absolute Gasteiger partial charge is 0.270 e. The second kappa shape index (κ2) is 8.52. The molecule has 3 aromatic carbocycles. The van der Waals surface area contributed by atoms with E-state index in [9.17, 15) is 0 Å². The van der Waals surface area contributed by atoms with Gasteiger partial charge >= 0.3 is 0 Å². The summed E-state index contributed by atoms with van der Waals surface area (Å²) < 4.78 is 3.21. The number of aryl methyl sites for hydroxylation is 1. The molecule has 4 aromatic rings. The molecule has 0 saturated heterocycles. The highest BCUT2D eigenvalue weighted by atomic mass is 79.9. The van der Waals surface area contributed by atoms with E-state index in [1.54, 1.807) is 11.8 Å². The van der Waals surface area contributed by atoms with E-state index in [0.717, 1.165) is 32.5 Å². The molecule has 0 aliphatic rings. The lowest BCUT2D eigenvalue weighted by atomic mass is 10.1. The van der Waals surface area contributed by atoms with E-state index in [-0.39, 0.29) is 0 Å². The van der Waals surface area contributed by atoms with Crippen molar-refractivity contribution in [2.45, 2.75) is 17.8 Å². The van der Waals surface area contributed by atoms with Crippen LogP contribution in [-0.4, -0.2) is 14.8 Å². The number of hydrogen-bond acceptors (Lipinski definition) is 3. The Morgan fingerprint density at radius 2 is 1.64 bits per heavy atom. The molecule has 0 aliphatic carbocycles. The molecule has 28 heavy (non-hydrogen) atoms. The smallest absolute Gasteiger partial charge is 0.196 e. The van der Waals surface area contributed by atoms with Crippen molar-refractivity contribution in [2.75, 3.05) is 0 Å². The number of nitrogens with zero attached hydrogens (tertiary/aromatic N) is 3. The van der Waals surface area contributed by atoms with Crippen LogP contribution in [0.1, 0.15) is 11.1 Å². The van der Waals surface area contributed by atoms with E-state index < -0.39 is 0 Å². The van der Waals surface area contributed by atoms with E-state index in [2.05, 4.69) is 74.0 Å². The number of rotatable bonds is 5. The third-order valence-electron chi connectivity index (χ3n) is 4.37. The summed E-state index contributed by atoms with van der Waals surface area (Å²) in [5, 5.41) is 10.6.